The van der Waals surface area contributed by atoms with Crippen LogP contribution >= 0.6 is 0 Å². The minimum absolute atomic E-state index is 0.0213. The van der Waals surface area contributed by atoms with E-state index in [1.54, 1.807) is 0 Å². The molecule has 1 saturated heterocycles. The summed E-state index contributed by atoms with van der Waals surface area (Å²) in [7, 11) is 0. The monoisotopic (exact) mass is 186 g/mol. The fraction of sp³-hybridized carbons (Fsp3) is 0.750. The molecule has 0 aromatic heterocycles. The molecular weight excluding hydrogens is 172 g/mol. The van der Waals surface area contributed by atoms with Crippen molar-refractivity contribution in [2.45, 2.75) is 19.4 Å². The number of carboxylic acids is 1. The van der Waals surface area contributed by atoms with Gasteiger partial charge in [-0.15, -0.1) is 0 Å². The lowest BCUT2D eigenvalue weighted by atomic mass is 10.0. The number of rotatable bonds is 2. The zero-order valence-corrected chi connectivity index (χ0v) is 7.56. The highest BCUT2D eigenvalue weighted by molar-refractivity contribution is 5.85. The van der Waals surface area contributed by atoms with Crippen molar-refractivity contribution in [1.82, 2.24) is 4.90 Å². The van der Waals surface area contributed by atoms with Crippen molar-refractivity contribution in [3.8, 4) is 0 Å². The van der Waals surface area contributed by atoms with Gasteiger partial charge in [0.2, 0.25) is 5.91 Å². The lowest BCUT2D eigenvalue weighted by Gasteiger charge is -2.22. The Bertz CT molecular complexity index is 229. The Balaban J connectivity index is 2.75. The Morgan fingerprint density at radius 2 is 2.23 bits per heavy atom. The predicted molar refractivity (Wildman–Crippen MR) is 46.0 cm³/mol. The number of aliphatic carboxylic acids is 1. The van der Waals surface area contributed by atoms with Gasteiger partial charge in [0.1, 0.15) is 6.04 Å². The second kappa shape index (κ2) is 3.74. The number of carbonyl (C=O) groups is 2. The Morgan fingerprint density at radius 3 is 2.69 bits per heavy atom. The first-order valence-corrected chi connectivity index (χ1v) is 4.30. The third kappa shape index (κ3) is 1.80. The van der Waals surface area contributed by atoms with Crippen molar-refractivity contribution in [3.63, 3.8) is 0 Å². The van der Waals surface area contributed by atoms with Crippen LogP contribution in [-0.4, -0.2) is 41.0 Å². The van der Waals surface area contributed by atoms with Crippen molar-refractivity contribution >= 4 is 11.9 Å². The molecule has 0 saturated carbocycles. The topological polar surface area (TPSA) is 83.6 Å². The number of amides is 1. The molecule has 1 rings (SSSR count). The average Bonchev–Trinajstić information content (AvgIpc) is 2.45. The number of carboxylic acid groups (broad SMARTS) is 1. The normalized spacial score (nSPS) is 27.7. The van der Waals surface area contributed by atoms with Crippen LogP contribution in [0.5, 0.6) is 0 Å². The second-order valence-corrected chi connectivity index (χ2v) is 3.34. The van der Waals surface area contributed by atoms with E-state index in [0.717, 1.165) is 6.42 Å². The van der Waals surface area contributed by atoms with Crippen molar-refractivity contribution in [2.75, 3.05) is 13.1 Å². The molecule has 0 aromatic rings. The van der Waals surface area contributed by atoms with E-state index < -0.39 is 12.0 Å². The fourth-order valence-electron chi connectivity index (χ4n) is 1.72. The average molecular weight is 186 g/mol. The Labute approximate surface area is 76.5 Å². The van der Waals surface area contributed by atoms with E-state index in [-0.39, 0.29) is 18.4 Å². The number of hydrogen-bond acceptors (Lipinski definition) is 3. The summed E-state index contributed by atoms with van der Waals surface area (Å²) in [6.45, 7) is 2.23. The number of hydrogen-bond donors (Lipinski definition) is 2. The van der Waals surface area contributed by atoms with Crippen LogP contribution in [0.4, 0.5) is 0 Å². The van der Waals surface area contributed by atoms with Crippen LogP contribution < -0.4 is 5.73 Å². The van der Waals surface area contributed by atoms with Crippen LogP contribution in [0.1, 0.15) is 13.3 Å². The molecule has 1 fully saturated rings. The highest BCUT2D eigenvalue weighted by Crippen LogP contribution is 2.23. The summed E-state index contributed by atoms with van der Waals surface area (Å²) in [6.07, 6.45) is 0.739. The lowest BCUT2D eigenvalue weighted by molar-refractivity contribution is -0.148. The first kappa shape index (κ1) is 9.98. The van der Waals surface area contributed by atoms with Crippen LogP contribution in [-0.2, 0) is 9.59 Å². The molecule has 3 N–H and O–H groups in total. The van der Waals surface area contributed by atoms with Crippen molar-refractivity contribution < 1.29 is 14.7 Å². The third-order valence-corrected chi connectivity index (χ3v) is 2.45. The molecule has 5 heteroatoms. The van der Waals surface area contributed by atoms with E-state index in [4.69, 9.17) is 10.8 Å². The largest absolute Gasteiger partial charge is 0.480 e. The summed E-state index contributed by atoms with van der Waals surface area (Å²) in [6, 6.07) is -0.684. The molecule has 0 radical (unpaired) electrons. The van der Waals surface area contributed by atoms with Crippen LogP contribution in [0.3, 0.4) is 0 Å². The van der Waals surface area contributed by atoms with Gasteiger partial charge in [-0.25, -0.2) is 4.79 Å². The maximum absolute atomic E-state index is 11.2. The molecule has 1 aliphatic rings. The maximum Gasteiger partial charge on any atom is 0.326 e. The molecule has 2 unspecified atom stereocenters. The highest BCUT2D eigenvalue weighted by atomic mass is 16.4. The summed E-state index contributed by atoms with van der Waals surface area (Å²) in [4.78, 5) is 23.4. The van der Waals surface area contributed by atoms with Crippen molar-refractivity contribution in [2.24, 2.45) is 11.7 Å². The zero-order chi connectivity index (χ0) is 10.0. The molecule has 74 valence electrons. The van der Waals surface area contributed by atoms with E-state index in [1.807, 2.05) is 6.92 Å². The molecule has 1 heterocycles. The van der Waals surface area contributed by atoms with Gasteiger partial charge in [0.25, 0.3) is 0 Å². The molecule has 0 spiro atoms. The van der Waals surface area contributed by atoms with Crippen molar-refractivity contribution in [1.29, 1.82) is 0 Å². The zero-order valence-electron chi connectivity index (χ0n) is 7.56. The molecule has 0 aromatic carbocycles. The van der Waals surface area contributed by atoms with Crippen LogP contribution in [0.25, 0.3) is 0 Å². The number of likely N-dealkylation sites (tertiary alicyclic amines) is 1. The maximum atomic E-state index is 11.2. The van der Waals surface area contributed by atoms with E-state index in [0.29, 0.717) is 6.54 Å². The van der Waals surface area contributed by atoms with Gasteiger partial charge in [-0.2, -0.15) is 0 Å². The predicted octanol–water partition coefficient (Wildman–Crippen LogP) is -0.733. The molecule has 2 atom stereocenters. The standard InChI is InChI=1S/C8H14N2O3/c1-5-2-3-10(6(11)4-9)7(5)8(12)13/h5,7H,2-4,9H2,1H3,(H,12,13). The SMILES string of the molecule is CC1CCN(C(=O)CN)C1C(=O)O. The third-order valence-electron chi connectivity index (χ3n) is 2.45. The summed E-state index contributed by atoms with van der Waals surface area (Å²) >= 11 is 0. The molecule has 5 nitrogen and oxygen atoms in total. The molecule has 1 aliphatic heterocycles. The van der Waals surface area contributed by atoms with Gasteiger partial charge in [0.15, 0.2) is 0 Å². The lowest BCUT2D eigenvalue weighted by Crippen LogP contribution is -2.45. The van der Waals surface area contributed by atoms with Gasteiger partial charge in [-0.3, -0.25) is 4.79 Å². The van der Waals surface area contributed by atoms with E-state index in [9.17, 15) is 9.59 Å². The van der Waals surface area contributed by atoms with E-state index >= 15 is 0 Å². The summed E-state index contributed by atoms with van der Waals surface area (Å²) in [5.41, 5.74) is 5.18. The quantitative estimate of drug-likeness (QED) is 0.595. The number of nitrogens with zero attached hydrogens (tertiary/aromatic N) is 1. The van der Waals surface area contributed by atoms with E-state index in [2.05, 4.69) is 0 Å². The first-order valence-electron chi connectivity index (χ1n) is 4.30. The molecule has 1 amide bonds. The minimum atomic E-state index is -0.938. The van der Waals surface area contributed by atoms with Crippen molar-refractivity contribution in [3.05, 3.63) is 0 Å². The van der Waals surface area contributed by atoms with Gasteiger partial charge < -0.3 is 15.7 Å². The number of nitrogens with two attached hydrogens (primary N) is 1. The van der Waals surface area contributed by atoms with Gasteiger partial charge in [0.05, 0.1) is 6.54 Å². The highest BCUT2D eigenvalue weighted by Gasteiger charge is 2.38. The van der Waals surface area contributed by atoms with Gasteiger partial charge in [-0.1, -0.05) is 6.92 Å². The summed E-state index contributed by atoms with van der Waals surface area (Å²) < 4.78 is 0. The summed E-state index contributed by atoms with van der Waals surface area (Å²) in [5.74, 6) is -1.20. The molecule has 13 heavy (non-hydrogen) atoms. The summed E-state index contributed by atoms with van der Waals surface area (Å²) in [5, 5.41) is 8.86. The van der Waals surface area contributed by atoms with Gasteiger partial charge >= 0.3 is 5.97 Å². The Hall–Kier alpha value is -1.10. The Morgan fingerprint density at radius 1 is 1.62 bits per heavy atom. The molecule has 0 aliphatic carbocycles. The Kier molecular flexibility index (Phi) is 2.87. The first-order chi connectivity index (χ1) is 6.07. The fourth-order valence-corrected chi connectivity index (χ4v) is 1.72. The smallest absolute Gasteiger partial charge is 0.326 e. The van der Waals surface area contributed by atoms with Gasteiger partial charge in [0, 0.05) is 6.54 Å². The minimum Gasteiger partial charge on any atom is -0.480 e. The van der Waals surface area contributed by atoms with Crippen LogP contribution in [0, 0.1) is 5.92 Å². The second-order valence-electron chi connectivity index (χ2n) is 3.34. The van der Waals surface area contributed by atoms with Crippen LogP contribution in [0.15, 0.2) is 0 Å². The van der Waals surface area contributed by atoms with Gasteiger partial charge in [-0.05, 0) is 12.3 Å². The number of carbonyl (C=O) groups excluding carboxylic acids is 1. The molecule has 0 bridgehead atoms. The van der Waals surface area contributed by atoms with E-state index in [1.165, 1.54) is 4.90 Å². The van der Waals surface area contributed by atoms with Crippen LogP contribution in [0.2, 0.25) is 0 Å². The molecular formula is C8H14N2O3.